The van der Waals surface area contributed by atoms with E-state index in [2.05, 4.69) is 42.5 Å². The number of carbonyl (C=O) groups is 1. The highest BCUT2D eigenvalue weighted by Crippen LogP contribution is 2.48. The lowest BCUT2D eigenvalue weighted by atomic mass is 9.73. The van der Waals surface area contributed by atoms with Crippen LogP contribution in [-0.2, 0) is 17.6 Å². The van der Waals surface area contributed by atoms with Gasteiger partial charge in [-0.15, -0.1) is 0 Å². The number of nitrogens with zero attached hydrogens (tertiary/aromatic N) is 1. The zero-order valence-corrected chi connectivity index (χ0v) is 20.9. The Labute approximate surface area is 203 Å². The number of hydrogen-bond donors (Lipinski definition) is 3. The minimum Gasteiger partial charge on any atom is -0.485 e. The van der Waals surface area contributed by atoms with Crippen molar-refractivity contribution in [3.8, 4) is 5.75 Å². The second-order valence-corrected chi connectivity index (χ2v) is 11.3. The summed E-state index contributed by atoms with van der Waals surface area (Å²) in [6.07, 6.45) is 6.81. The first kappa shape index (κ1) is 24.7. The van der Waals surface area contributed by atoms with Gasteiger partial charge in [-0.05, 0) is 49.1 Å². The number of aromatic nitrogens is 1. The van der Waals surface area contributed by atoms with Gasteiger partial charge in [-0.3, -0.25) is 9.78 Å². The third kappa shape index (κ3) is 6.16. The Balaban J connectivity index is 1.50. The minimum absolute atomic E-state index is 0.0788. The van der Waals surface area contributed by atoms with Gasteiger partial charge in [0, 0.05) is 37.2 Å². The lowest BCUT2D eigenvalue weighted by Crippen LogP contribution is -2.52. The van der Waals surface area contributed by atoms with Gasteiger partial charge in [0.05, 0.1) is 18.3 Å². The molecule has 0 bridgehead atoms. The third-order valence-electron chi connectivity index (χ3n) is 6.93. The summed E-state index contributed by atoms with van der Waals surface area (Å²) >= 11 is 0. The highest BCUT2D eigenvalue weighted by molar-refractivity contribution is 5.73. The first-order valence-corrected chi connectivity index (χ1v) is 12.5. The van der Waals surface area contributed by atoms with Gasteiger partial charge in [-0.25, -0.2) is 0 Å². The molecule has 1 aliphatic heterocycles. The number of amides is 1. The Hall–Kier alpha value is -2.44. The van der Waals surface area contributed by atoms with Crippen LogP contribution in [0.2, 0.25) is 0 Å². The van der Waals surface area contributed by atoms with Crippen molar-refractivity contribution in [2.24, 2.45) is 5.41 Å². The second kappa shape index (κ2) is 10.0. The standard InChI is InChI=1S/C28H39N3O3/c1-19(32)31-23(13-20-9-6-5-7-10-20)25(33)17-30-24-16-28(11-8-12-28)34-26-18-29-21(14-22(24)26)15-27(2,3)4/h5-7,9-10,14,18,23-25,30,33H,8,11-13,15-17H2,1-4H3,(H,31,32)/t23-,24-,25-/m0/s1. The summed E-state index contributed by atoms with van der Waals surface area (Å²) in [7, 11) is 0. The van der Waals surface area contributed by atoms with Crippen LogP contribution in [0.1, 0.15) is 76.2 Å². The summed E-state index contributed by atoms with van der Waals surface area (Å²) in [6, 6.07) is 11.9. The smallest absolute Gasteiger partial charge is 0.217 e. The van der Waals surface area contributed by atoms with E-state index < -0.39 is 6.10 Å². The van der Waals surface area contributed by atoms with Gasteiger partial charge >= 0.3 is 0 Å². The first-order chi connectivity index (χ1) is 16.1. The van der Waals surface area contributed by atoms with E-state index in [1.165, 1.54) is 13.3 Å². The average molecular weight is 466 g/mol. The van der Waals surface area contributed by atoms with Crippen molar-refractivity contribution in [2.75, 3.05) is 6.54 Å². The predicted molar refractivity (Wildman–Crippen MR) is 134 cm³/mol. The maximum absolute atomic E-state index is 11.8. The molecule has 0 saturated heterocycles. The van der Waals surface area contributed by atoms with Crippen LogP contribution >= 0.6 is 0 Å². The first-order valence-electron chi connectivity index (χ1n) is 12.5. The SMILES string of the molecule is CC(=O)N[C@@H](Cc1ccccc1)[C@@H](O)CN[C@H]1CC2(CCC2)Oc2cnc(CC(C)(C)C)cc21. The maximum Gasteiger partial charge on any atom is 0.217 e. The van der Waals surface area contributed by atoms with Crippen molar-refractivity contribution in [3.63, 3.8) is 0 Å². The van der Waals surface area contributed by atoms with Crippen molar-refractivity contribution < 1.29 is 14.6 Å². The van der Waals surface area contributed by atoms with Gasteiger partial charge in [-0.2, -0.15) is 0 Å². The van der Waals surface area contributed by atoms with Crippen LogP contribution in [0, 0.1) is 5.41 Å². The molecule has 4 rings (SSSR count). The number of carbonyl (C=O) groups excluding carboxylic acids is 1. The minimum atomic E-state index is -0.719. The second-order valence-electron chi connectivity index (χ2n) is 11.3. The van der Waals surface area contributed by atoms with Crippen LogP contribution in [0.25, 0.3) is 0 Å². The zero-order valence-electron chi connectivity index (χ0n) is 20.9. The largest absolute Gasteiger partial charge is 0.485 e. The molecule has 1 amide bonds. The summed E-state index contributed by atoms with van der Waals surface area (Å²) in [5.74, 6) is 0.723. The molecule has 34 heavy (non-hydrogen) atoms. The van der Waals surface area contributed by atoms with E-state index in [-0.39, 0.29) is 29.0 Å². The molecule has 1 fully saturated rings. The third-order valence-corrected chi connectivity index (χ3v) is 6.93. The Morgan fingerprint density at radius 1 is 1.26 bits per heavy atom. The molecule has 2 aliphatic rings. The number of rotatable bonds is 8. The molecule has 0 unspecified atom stereocenters. The van der Waals surface area contributed by atoms with E-state index in [1.54, 1.807) is 0 Å². The number of aliphatic hydroxyl groups is 1. The van der Waals surface area contributed by atoms with Gasteiger partial charge in [0.15, 0.2) is 0 Å². The Kier molecular flexibility index (Phi) is 7.29. The van der Waals surface area contributed by atoms with Crippen molar-refractivity contribution >= 4 is 5.91 Å². The lowest BCUT2D eigenvalue weighted by Gasteiger charge is -2.48. The van der Waals surface area contributed by atoms with Gasteiger partial charge in [0.25, 0.3) is 0 Å². The van der Waals surface area contributed by atoms with Crippen molar-refractivity contribution in [2.45, 2.75) is 90.0 Å². The number of ether oxygens (including phenoxy) is 1. The predicted octanol–water partition coefficient (Wildman–Crippen LogP) is 4.11. The van der Waals surface area contributed by atoms with Crippen LogP contribution in [0.15, 0.2) is 42.6 Å². The fourth-order valence-corrected chi connectivity index (χ4v) is 5.14. The Morgan fingerprint density at radius 2 is 2.00 bits per heavy atom. The number of aliphatic hydroxyl groups excluding tert-OH is 1. The monoisotopic (exact) mass is 465 g/mol. The summed E-state index contributed by atoms with van der Waals surface area (Å²) in [4.78, 5) is 16.5. The summed E-state index contributed by atoms with van der Waals surface area (Å²) in [5, 5.41) is 17.7. The molecule has 3 N–H and O–H groups in total. The van der Waals surface area contributed by atoms with Crippen LogP contribution < -0.4 is 15.4 Å². The molecule has 1 saturated carbocycles. The topological polar surface area (TPSA) is 83.5 Å². The molecule has 1 aromatic carbocycles. The molecule has 6 heteroatoms. The summed E-state index contributed by atoms with van der Waals surface area (Å²) < 4.78 is 6.43. The van der Waals surface area contributed by atoms with Crippen LogP contribution in [0.5, 0.6) is 5.75 Å². The van der Waals surface area contributed by atoms with Crippen LogP contribution in [0.4, 0.5) is 0 Å². The number of hydrogen-bond acceptors (Lipinski definition) is 5. The molecular formula is C28H39N3O3. The molecule has 184 valence electrons. The number of nitrogens with one attached hydrogen (secondary N) is 2. The molecule has 6 nitrogen and oxygen atoms in total. The van der Waals surface area contributed by atoms with Crippen LogP contribution in [-0.4, -0.2) is 40.3 Å². The fourth-order valence-electron chi connectivity index (χ4n) is 5.14. The Bertz CT molecular complexity index is 982. The van der Waals surface area contributed by atoms with Gasteiger partial charge in [0.1, 0.15) is 11.4 Å². The van der Waals surface area contributed by atoms with Crippen molar-refractivity contribution in [1.82, 2.24) is 15.6 Å². The molecule has 3 atom stereocenters. The summed E-state index contributed by atoms with van der Waals surface area (Å²) in [5.41, 5.74) is 3.30. The van der Waals surface area contributed by atoms with E-state index in [1.807, 2.05) is 36.5 Å². The van der Waals surface area contributed by atoms with Gasteiger partial charge in [-0.1, -0.05) is 51.1 Å². The average Bonchev–Trinajstić information content (AvgIpc) is 2.75. The molecule has 2 aromatic rings. The Morgan fingerprint density at radius 3 is 2.62 bits per heavy atom. The van der Waals surface area contributed by atoms with E-state index in [0.29, 0.717) is 13.0 Å². The van der Waals surface area contributed by atoms with Crippen LogP contribution in [0.3, 0.4) is 0 Å². The molecule has 1 aromatic heterocycles. The van der Waals surface area contributed by atoms with E-state index in [0.717, 1.165) is 48.3 Å². The molecule has 2 heterocycles. The number of benzene rings is 1. The normalized spacial score (nSPS) is 20.6. The fraction of sp³-hybridized carbons (Fsp3) is 0.571. The molecular weight excluding hydrogens is 426 g/mol. The highest BCUT2D eigenvalue weighted by atomic mass is 16.5. The molecule has 1 spiro atoms. The van der Waals surface area contributed by atoms with E-state index >= 15 is 0 Å². The molecule has 0 radical (unpaired) electrons. The van der Waals surface area contributed by atoms with Crippen molar-refractivity contribution in [1.29, 1.82) is 0 Å². The molecule has 1 aliphatic carbocycles. The van der Waals surface area contributed by atoms with Gasteiger partial charge in [0.2, 0.25) is 5.91 Å². The van der Waals surface area contributed by atoms with Gasteiger partial charge < -0.3 is 20.5 Å². The maximum atomic E-state index is 11.8. The quantitative estimate of drug-likeness (QED) is 0.546. The highest BCUT2D eigenvalue weighted by Gasteiger charge is 2.46. The van der Waals surface area contributed by atoms with Crippen molar-refractivity contribution in [3.05, 3.63) is 59.4 Å². The number of fused-ring (bicyclic) bond motifs is 1. The van der Waals surface area contributed by atoms with E-state index in [9.17, 15) is 9.90 Å². The zero-order chi connectivity index (χ0) is 24.3. The summed E-state index contributed by atoms with van der Waals surface area (Å²) in [6.45, 7) is 8.53. The van der Waals surface area contributed by atoms with E-state index in [4.69, 9.17) is 4.74 Å². The number of pyridine rings is 1. The lowest BCUT2D eigenvalue weighted by molar-refractivity contribution is -0.120.